The lowest BCUT2D eigenvalue weighted by molar-refractivity contribution is -0.116. The van der Waals surface area contributed by atoms with Crippen molar-refractivity contribution in [1.82, 2.24) is 30.1 Å². The topological polar surface area (TPSA) is 112 Å². The van der Waals surface area contributed by atoms with Gasteiger partial charge in [-0.1, -0.05) is 19.1 Å². The number of H-pyrrole nitrogens is 2. The summed E-state index contributed by atoms with van der Waals surface area (Å²) in [5.41, 5.74) is 5.95. The van der Waals surface area contributed by atoms with Crippen LogP contribution in [0.1, 0.15) is 19.8 Å². The number of benzene rings is 1. The molecular weight excluding hydrogens is 477 g/mol. The Morgan fingerprint density at radius 2 is 2.00 bits per heavy atom. The Kier molecular flexibility index (Phi) is 5.49. The van der Waals surface area contributed by atoms with Gasteiger partial charge in [0, 0.05) is 40.4 Å². The summed E-state index contributed by atoms with van der Waals surface area (Å²) in [5, 5.41) is 10.9. The highest BCUT2D eigenvalue weighted by Gasteiger charge is 2.17. The molecule has 8 nitrogen and oxygen atoms in total. The van der Waals surface area contributed by atoms with Gasteiger partial charge in [-0.2, -0.15) is 9.49 Å². The van der Waals surface area contributed by atoms with Crippen LogP contribution >= 0.6 is 11.3 Å². The highest BCUT2D eigenvalue weighted by Crippen LogP contribution is 2.35. The predicted octanol–water partition coefficient (Wildman–Crippen LogP) is 6.17. The lowest BCUT2D eigenvalue weighted by Gasteiger charge is -2.07. The summed E-state index contributed by atoms with van der Waals surface area (Å²) >= 11 is 1.09. The van der Waals surface area contributed by atoms with E-state index in [0.717, 1.165) is 55.7 Å². The molecule has 36 heavy (non-hydrogen) atoms. The Morgan fingerprint density at radius 1 is 1.11 bits per heavy atom. The number of hydrogen-bond donors (Lipinski definition) is 3. The van der Waals surface area contributed by atoms with Gasteiger partial charge in [0.25, 0.3) is 0 Å². The molecule has 3 N–H and O–H groups in total. The van der Waals surface area contributed by atoms with Crippen molar-refractivity contribution in [1.29, 1.82) is 0 Å². The summed E-state index contributed by atoms with van der Waals surface area (Å²) in [7, 11) is 0. The Morgan fingerprint density at radius 3 is 2.83 bits per heavy atom. The number of fused-ring (bicyclic) bond motifs is 2. The number of imidazole rings is 1. The Balaban J connectivity index is 1.40. The third-order valence-corrected chi connectivity index (χ3v) is 6.73. The minimum Gasteiger partial charge on any atom is -0.337 e. The molecule has 0 bridgehead atoms. The summed E-state index contributed by atoms with van der Waals surface area (Å²) in [4.78, 5) is 29.8. The molecule has 1 aromatic carbocycles. The van der Waals surface area contributed by atoms with Gasteiger partial charge in [0.1, 0.15) is 5.69 Å². The smallest absolute Gasteiger partial charge is 0.224 e. The van der Waals surface area contributed by atoms with Gasteiger partial charge in [0.05, 0.1) is 28.3 Å². The second-order valence-electron chi connectivity index (χ2n) is 8.34. The molecule has 0 aliphatic carbocycles. The van der Waals surface area contributed by atoms with E-state index in [0.29, 0.717) is 29.3 Å². The number of para-hydroxylation sites is 1. The van der Waals surface area contributed by atoms with Gasteiger partial charge in [-0.3, -0.25) is 14.9 Å². The van der Waals surface area contributed by atoms with E-state index in [4.69, 9.17) is 4.98 Å². The zero-order valence-electron chi connectivity index (χ0n) is 19.2. The molecule has 0 saturated heterocycles. The van der Waals surface area contributed by atoms with Crippen molar-refractivity contribution in [2.45, 2.75) is 19.8 Å². The van der Waals surface area contributed by atoms with Crippen LogP contribution in [0.2, 0.25) is 0 Å². The fourth-order valence-electron chi connectivity index (χ4n) is 4.16. The molecule has 5 aromatic heterocycles. The van der Waals surface area contributed by atoms with Crippen LogP contribution < -0.4 is 5.32 Å². The molecule has 10 heteroatoms. The van der Waals surface area contributed by atoms with Crippen LogP contribution in [0.4, 0.5) is 10.1 Å². The van der Waals surface area contributed by atoms with E-state index in [2.05, 4.69) is 30.5 Å². The lowest BCUT2D eigenvalue weighted by atomic mass is 10.1. The first-order chi connectivity index (χ1) is 17.6. The molecule has 6 aromatic rings. The average Bonchev–Trinajstić information content (AvgIpc) is 3.61. The summed E-state index contributed by atoms with van der Waals surface area (Å²) in [6.07, 6.45) is 6.32. The van der Waals surface area contributed by atoms with Gasteiger partial charge in [-0.05, 0) is 36.8 Å². The Bertz CT molecular complexity index is 1740. The summed E-state index contributed by atoms with van der Waals surface area (Å²) in [6, 6.07) is 12.8. The van der Waals surface area contributed by atoms with Crippen molar-refractivity contribution >= 4 is 45.0 Å². The number of hydrogen-bond acceptors (Lipinski definition) is 6. The largest absolute Gasteiger partial charge is 0.337 e. The number of nitrogens with zero attached hydrogens (tertiary/aromatic N) is 4. The van der Waals surface area contributed by atoms with Crippen molar-refractivity contribution in [3.63, 3.8) is 0 Å². The molecule has 178 valence electrons. The molecule has 0 radical (unpaired) electrons. The van der Waals surface area contributed by atoms with Gasteiger partial charge < -0.3 is 10.3 Å². The maximum Gasteiger partial charge on any atom is 0.224 e. The minimum atomic E-state index is -0.238. The molecule has 0 spiro atoms. The standard InChI is InChI=1S/C26H20FN7OS/c1-2-4-22(35)30-16-9-14(11-28-13-16)15-10-18-24(33-34-25(18)29-12-15)26-31-19-6-3-5-17(23(19)32-26)20-7-8-21(27)36-20/h3,5-13H,2,4H2,1H3,(H,30,35)(H,31,32)(H,29,33,34). The molecule has 5 heterocycles. The number of halogens is 1. The molecular formula is C26H20FN7OS. The number of carbonyl (C=O) groups excluding carboxylic acids is 1. The first-order valence-electron chi connectivity index (χ1n) is 11.4. The fourth-order valence-corrected chi connectivity index (χ4v) is 4.92. The first-order valence-corrected chi connectivity index (χ1v) is 12.2. The van der Waals surface area contributed by atoms with Crippen molar-refractivity contribution in [2.75, 3.05) is 5.32 Å². The summed E-state index contributed by atoms with van der Waals surface area (Å²) in [5.74, 6) is 0.537. The van der Waals surface area contributed by atoms with E-state index >= 15 is 0 Å². The second-order valence-corrected chi connectivity index (χ2v) is 9.38. The van der Waals surface area contributed by atoms with Gasteiger partial charge in [0.15, 0.2) is 16.6 Å². The molecule has 0 fully saturated rings. The number of pyridine rings is 2. The number of anilines is 1. The third kappa shape index (κ3) is 4.01. The van der Waals surface area contributed by atoms with Crippen molar-refractivity contribution < 1.29 is 9.18 Å². The maximum atomic E-state index is 13.7. The normalized spacial score (nSPS) is 11.4. The highest BCUT2D eigenvalue weighted by atomic mass is 32.1. The third-order valence-electron chi connectivity index (χ3n) is 5.82. The lowest BCUT2D eigenvalue weighted by Crippen LogP contribution is -2.10. The van der Waals surface area contributed by atoms with Crippen molar-refractivity contribution in [3.05, 3.63) is 66.2 Å². The van der Waals surface area contributed by atoms with Crippen LogP contribution in [-0.4, -0.2) is 36.0 Å². The zero-order chi connectivity index (χ0) is 24.6. The van der Waals surface area contributed by atoms with E-state index in [1.165, 1.54) is 6.07 Å². The Labute approximate surface area is 208 Å². The average molecular weight is 498 g/mol. The quantitative estimate of drug-likeness (QED) is 0.255. The molecule has 0 saturated carbocycles. The SMILES string of the molecule is CCCC(=O)Nc1cncc(-c2cnc3[nH]nc(-c4nc5c(-c6ccc(F)s6)cccc5[nH]4)c3c2)c1. The number of amides is 1. The number of nitrogens with one attached hydrogen (secondary N) is 3. The van der Waals surface area contributed by atoms with Gasteiger partial charge in [-0.15, -0.1) is 11.3 Å². The number of aromatic nitrogens is 6. The van der Waals surface area contributed by atoms with E-state index in [1.807, 2.05) is 37.3 Å². The van der Waals surface area contributed by atoms with Crippen LogP contribution in [0.15, 0.2) is 61.1 Å². The fraction of sp³-hybridized carbons (Fsp3) is 0.115. The van der Waals surface area contributed by atoms with Crippen molar-refractivity contribution in [3.8, 4) is 33.1 Å². The van der Waals surface area contributed by atoms with E-state index in [1.54, 1.807) is 24.7 Å². The molecule has 0 aliphatic heterocycles. The zero-order valence-corrected chi connectivity index (χ0v) is 20.0. The maximum absolute atomic E-state index is 13.7. The number of carbonyl (C=O) groups is 1. The van der Waals surface area contributed by atoms with Gasteiger partial charge in [-0.25, -0.2) is 9.97 Å². The van der Waals surface area contributed by atoms with Crippen molar-refractivity contribution in [2.24, 2.45) is 0 Å². The van der Waals surface area contributed by atoms with Crippen LogP contribution in [-0.2, 0) is 4.79 Å². The predicted molar refractivity (Wildman–Crippen MR) is 139 cm³/mol. The summed E-state index contributed by atoms with van der Waals surface area (Å²) < 4.78 is 13.7. The summed E-state index contributed by atoms with van der Waals surface area (Å²) in [6.45, 7) is 1.96. The second kappa shape index (κ2) is 8.97. The van der Waals surface area contributed by atoms with E-state index in [-0.39, 0.29) is 11.0 Å². The van der Waals surface area contributed by atoms with Crippen LogP contribution in [0.25, 0.3) is 55.2 Å². The van der Waals surface area contributed by atoms with Crippen LogP contribution in [0.5, 0.6) is 0 Å². The van der Waals surface area contributed by atoms with E-state index < -0.39 is 0 Å². The minimum absolute atomic E-state index is 0.0447. The van der Waals surface area contributed by atoms with E-state index in [9.17, 15) is 9.18 Å². The van der Waals surface area contributed by atoms with Gasteiger partial charge >= 0.3 is 0 Å². The van der Waals surface area contributed by atoms with Crippen LogP contribution in [0, 0.1) is 5.13 Å². The molecule has 0 unspecified atom stereocenters. The Hall–Kier alpha value is -4.44. The monoisotopic (exact) mass is 497 g/mol. The first kappa shape index (κ1) is 22.1. The van der Waals surface area contributed by atoms with Gasteiger partial charge in [0.2, 0.25) is 5.91 Å². The number of thiophene rings is 1. The van der Waals surface area contributed by atoms with Crippen LogP contribution in [0.3, 0.4) is 0 Å². The number of aromatic amines is 2. The number of rotatable bonds is 6. The molecule has 6 rings (SSSR count). The molecule has 0 atom stereocenters. The highest BCUT2D eigenvalue weighted by molar-refractivity contribution is 7.14. The molecule has 1 amide bonds. The molecule has 0 aliphatic rings.